The Labute approximate surface area is 136 Å². The summed E-state index contributed by atoms with van der Waals surface area (Å²) in [5, 5.41) is 2.99. The molecule has 1 aliphatic carbocycles. The summed E-state index contributed by atoms with van der Waals surface area (Å²) in [5.41, 5.74) is 1.21. The van der Waals surface area contributed by atoms with E-state index in [0.29, 0.717) is 12.3 Å². The molecule has 0 spiro atoms. The van der Waals surface area contributed by atoms with E-state index in [1.54, 1.807) is 0 Å². The van der Waals surface area contributed by atoms with Gasteiger partial charge in [-0.2, -0.15) is 4.31 Å². The van der Waals surface area contributed by atoms with Gasteiger partial charge in [-0.15, -0.1) is 0 Å². The second kappa shape index (κ2) is 6.22. The number of carbonyl (C=O) groups is 1. The summed E-state index contributed by atoms with van der Waals surface area (Å²) in [7, 11) is -1.89. The smallest absolute Gasteiger partial charge is 0.238 e. The number of hydrogen-bond donors (Lipinski definition) is 1. The zero-order chi connectivity index (χ0) is 16.6. The number of hydrogen-bond acceptors (Lipinski definition) is 4. The molecule has 1 saturated carbocycles. The fraction of sp³-hybridized carbons (Fsp3) is 0.562. The van der Waals surface area contributed by atoms with E-state index in [0.717, 1.165) is 12.7 Å². The van der Waals surface area contributed by atoms with Crippen LogP contribution in [0.15, 0.2) is 30.3 Å². The molecule has 23 heavy (non-hydrogen) atoms. The summed E-state index contributed by atoms with van der Waals surface area (Å²) in [5.74, 6) is 0.102. The number of nitrogens with one attached hydrogen (secondary N) is 1. The molecule has 1 aromatic rings. The van der Waals surface area contributed by atoms with Gasteiger partial charge in [0.25, 0.3) is 0 Å². The van der Waals surface area contributed by atoms with Crippen LogP contribution in [0, 0.1) is 0 Å². The lowest BCUT2D eigenvalue weighted by atomic mass is 10.1. The number of carbonyl (C=O) groups excluding carboxylic acids is 1. The van der Waals surface area contributed by atoms with E-state index in [1.807, 2.05) is 18.2 Å². The molecule has 2 fully saturated rings. The first-order valence-electron chi connectivity index (χ1n) is 7.75. The summed E-state index contributed by atoms with van der Waals surface area (Å²) in [6.45, 7) is 0.236. The Hall–Kier alpha value is -1.44. The Balaban J connectivity index is 1.64. The molecule has 0 radical (unpaired) electrons. The standard InChI is InChI=1S/C16H22N2O4S/c1-22-12-8-15(18(10-12)23(2,20)21)16(19)17-14-9-13(14)11-6-4-3-5-7-11/h3-7,12-15H,8-10H2,1-2H3,(H,17,19)/t12-,13-,14+,15+/m0/s1. The first kappa shape index (κ1) is 16.4. The van der Waals surface area contributed by atoms with Crippen LogP contribution in [0.5, 0.6) is 0 Å². The summed E-state index contributed by atoms with van der Waals surface area (Å²) < 4.78 is 30.3. The van der Waals surface area contributed by atoms with Crippen LogP contribution < -0.4 is 5.32 Å². The molecule has 1 amide bonds. The number of sulfonamides is 1. The van der Waals surface area contributed by atoms with Crippen LogP contribution in [-0.2, 0) is 19.6 Å². The van der Waals surface area contributed by atoms with Gasteiger partial charge in [0.2, 0.25) is 15.9 Å². The Morgan fingerprint density at radius 2 is 1.96 bits per heavy atom. The summed E-state index contributed by atoms with van der Waals surface area (Å²) in [4.78, 5) is 12.5. The highest BCUT2D eigenvalue weighted by atomic mass is 32.2. The van der Waals surface area contributed by atoms with Gasteiger partial charge in [0.1, 0.15) is 6.04 Å². The van der Waals surface area contributed by atoms with E-state index in [4.69, 9.17) is 4.74 Å². The largest absolute Gasteiger partial charge is 0.380 e. The molecule has 4 atom stereocenters. The van der Waals surface area contributed by atoms with Gasteiger partial charge in [0, 0.05) is 32.0 Å². The lowest BCUT2D eigenvalue weighted by molar-refractivity contribution is -0.124. The van der Waals surface area contributed by atoms with E-state index in [-0.39, 0.29) is 24.6 Å². The van der Waals surface area contributed by atoms with Crippen molar-refractivity contribution in [2.45, 2.75) is 36.9 Å². The third kappa shape index (κ3) is 3.57. The lowest BCUT2D eigenvalue weighted by Gasteiger charge is -2.21. The molecule has 7 heteroatoms. The average Bonchev–Trinajstić information content (AvgIpc) is 3.12. The van der Waals surface area contributed by atoms with Crippen LogP contribution in [0.2, 0.25) is 0 Å². The zero-order valence-corrected chi connectivity index (χ0v) is 14.1. The molecular weight excluding hydrogens is 316 g/mol. The van der Waals surface area contributed by atoms with Gasteiger partial charge in [-0.1, -0.05) is 30.3 Å². The number of benzene rings is 1. The van der Waals surface area contributed by atoms with Crippen LogP contribution in [0.25, 0.3) is 0 Å². The van der Waals surface area contributed by atoms with Crippen LogP contribution in [0.3, 0.4) is 0 Å². The summed E-state index contributed by atoms with van der Waals surface area (Å²) in [6.07, 6.45) is 2.20. The zero-order valence-electron chi connectivity index (χ0n) is 13.3. The predicted molar refractivity (Wildman–Crippen MR) is 86.5 cm³/mol. The second-order valence-corrected chi connectivity index (χ2v) is 8.24. The van der Waals surface area contributed by atoms with Crippen molar-refractivity contribution in [2.24, 2.45) is 0 Å². The summed E-state index contributed by atoms with van der Waals surface area (Å²) in [6, 6.07) is 9.45. The van der Waals surface area contributed by atoms with E-state index < -0.39 is 16.1 Å². The lowest BCUT2D eigenvalue weighted by Crippen LogP contribution is -2.46. The van der Waals surface area contributed by atoms with Crippen LogP contribution in [0.1, 0.15) is 24.3 Å². The minimum atomic E-state index is -3.43. The summed E-state index contributed by atoms with van der Waals surface area (Å²) >= 11 is 0. The van der Waals surface area contributed by atoms with E-state index in [2.05, 4.69) is 17.4 Å². The highest BCUT2D eigenvalue weighted by Crippen LogP contribution is 2.40. The number of ether oxygens (including phenoxy) is 1. The normalized spacial score (nSPS) is 31.0. The van der Waals surface area contributed by atoms with Gasteiger partial charge >= 0.3 is 0 Å². The maximum Gasteiger partial charge on any atom is 0.238 e. The maximum absolute atomic E-state index is 12.5. The van der Waals surface area contributed by atoms with Gasteiger partial charge in [0.15, 0.2) is 0 Å². The quantitative estimate of drug-likeness (QED) is 0.858. The van der Waals surface area contributed by atoms with Crippen molar-refractivity contribution in [2.75, 3.05) is 19.9 Å². The first-order chi connectivity index (χ1) is 10.9. The third-order valence-corrected chi connectivity index (χ3v) is 5.88. The Kier molecular flexibility index (Phi) is 4.44. The van der Waals surface area contributed by atoms with Crippen LogP contribution >= 0.6 is 0 Å². The van der Waals surface area contributed by atoms with Crippen molar-refractivity contribution < 1.29 is 17.9 Å². The monoisotopic (exact) mass is 338 g/mol. The molecule has 1 saturated heterocycles. The van der Waals surface area contributed by atoms with Crippen molar-refractivity contribution in [1.29, 1.82) is 0 Å². The highest BCUT2D eigenvalue weighted by Gasteiger charge is 2.45. The van der Waals surface area contributed by atoms with Gasteiger partial charge in [0.05, 0.1) is 12.4 Å². The van der Waals surface area contributed by atoms with Crippen molar-refractivity contribution in [3.05, 3.63) is 35.9 Å². The molecule has 2 aliphatic rings. The second-order valence-electron chi connectivity index (χ2n) is 6.31. The molecule has 0 bridgehead atoms. The van der Waals surface area contributed by atoms with Gasteiger partial charge in [-0.05, 0) is 12.0 Å². The van der Waals surface area contributed by atoms with Gasteiger partial charge in [-0.3, -0.25) is 4.79 Å². The fourth-order valence-corrected chi connectivity index (χ4v) is 4.33. The Morgan fingerprint density at radius 1 is 1.26 bits per heavy atom. The minimum Gasteiger partial charge on any atom is -0.380 e. The number of methoxy groups -OCH3 is 1. The molecule has 1 aliphatic heterocycles. The Bertz CT molecular complexity index is 677. The molecule has 0 aromatic heterocycles. The van der Waals surface area contributed by atoms with Gasteiger partial charge in [-0.25, -0.2) is 8.42 Å². The number of nitrogens with zero attached hydrogens (tertiary/aromatic N) is 1. The van der Waals surface area contributed by atoms with Crippen molar-refractivity contribution in [3.63, 3.8) is 0 Å². The van der Waals surface area contributed by atoms with E-state index in [1.165, 1.54) is 17.0 Å². The highest BCUT2D eigenvalue weighted by molar-refractivity contribution is 7.88. The molecule has 1 N–H and O–H groups in total. The van der Waals surface area contributed by atoms with Crippen molar-refractivity contribution in [3.8, 4) is 0 Å². The molecule has 1 heterocycles. The number of rotatable bonds is 5. The van der Waals surface area contributed by atoms with Crippen LogP contribution in [-0.4, -0.2) is 56.7 Å². The van der Waals surface area contributed by atoms with Gasteiger partial charge < -0.3 is 10.1 Å². The molecule has 126 valence electrons. The molecule has 1 aromatic carbocycles. The van der Waals surface area contributed by atoms with E-state index in [9.17, 15) is 13.2 Å². The molecule has 6 nitrogen and oxygen atoms in total. The number of amides is 1. The minimum absolute atomic E-state index is 0.0907. The topological polar surface area (TPSA) is 75.7 Å². The fourth-order valence-electron chi connectivity index (χ4n) is 3.25. The average molecular weight is 338 g/mol. The molecule has 0 unspecified atom stereocenters. The van der Waals surface area contributed by atoms with E-state index >= 15 is 0 Å². The first-order valence-corrected chi connectivity index (χ1v) is 9.60. The Morgan fingerprint density at radius 3 is 2.57 bits per heavy atom. The molecular formula is C16H22N2O4S. The SMILES string of the molecule is CO[C@H]1C[C@H](C(=O)N[C@@H]2C[C@H]2c2ccccc2)N(S(C)(=O)=O)C1. The molecule has 3 rings (SSSR count). The maximum atomic E-state index is 12.5. The van der Waals surface area contributed by atoms with Crippen molar-refractivity contribution >= 4 is 15.9 Å². The van der Waals surface area contributed by atoms with Crippen molar-refractivity contribution in [1.82, 2.24) is 9.62 Å². The predicted octanol–water partition coefficient (Wildman–Crippen LogP) is 0.708. The van der Waals surface area contributed by atoms with Crippen LogP contribution in [0.4, 0.5) is 0 Å². The third-order valence-electron chi connectivity index (χ3n) is 4.63.